The fourth-order valence-corrected chi connectivity index (χ4v) is 4.81. The topological polar surface area (TPSA) is 70.6 Å². The fourth-order valence-electron chi connectivity index (χ4n) is 4.81. The third kappa shape index (κ3) is 4.52. The molecule has 0 saturated heterocycles. The predicted molar refractivity (Wildman–Crippen MR) is 130 cm³/mol. The van der Waals surface area contributed by atoms with E-state index in [1.165, 1.54) is 6.07 Å². The van der Waals surface area contributed by atoms with E-state index in [9.17, 15) is 14.4 Å². The molecule has 5 nitrogen and oxygen atoms in total. The lowest BCUT2D eigenvalue weighted by molar-refractivity contribution is -0.135. The smallest absolute Gasteiger partial charge is 0.254 e. The number of hydroxylamine groups is 1. The number of carbonyl (C=O) groups is 1. The average Bonchev–Trinajstić information content (AvgIpc) is 3.15. The van der Waals surface area contributed by atoms with Crippen LogP contribution in [0.25, 0.3) is 0 Å². The summed E-state index contributed by atoms with van der Waals surface area (Å²) in [6, 6.07) is 10.9. The van der Waals surface area contributed by atoms with Crippen LogP contribution in [-0.4, -0.2) is 23.3 Å². The van der Waals surface area contributed by atoms with Gasteiger partial charge in [-0.2, -0.15) is 27.0 Å². The van der Waals surface area contributed by atoms with Gasteiger partial charge >= 0.3 is 0 Å². The number of fused-ring (bicyclic) bond motifs is 1. The summed E-state index contributed by atoms with van der Waals surface area (Å²) < 4.78 is 20.3. The average molecular weight is 467 g/mol. The molecule has 1 fully saturated rings. The Kier molecular flexibility index (Phi) is 7.61. The molecule has 1 heterocycles. The van der Waals surface area contributed by atoms with Gasteiger partial charge in [0.15, 0.2) is 0 Å². The molecule has 0 radical (unpaired) electrons. The zero-order valence-electron chi connectivity index (χ0n) is 18.0. The van der Waals surface area contributed by atoms with E-state index in [1.54, 1.807) is 19.1 Å². The third-order valence-corrected chi connectivity index (χ3v) is 6.40. The molecule has 2 aromatic carbocycles. The van der Waals surface area contributed by atoms with Crippen molar-refractivity contribution in [2.45, 2.75) is 57.0 Å². The van der Waals surface area contributed by atoms with Crippen molar-refractivity contribution in [1.29, 1.82) is 0 Å². The van der Waals surface area contributed by atoms with Crippen LogP contribution in [0.1, 0.15) is 55.7 Å². The van der Waals surface area contributed by atoms with E-state index in [-0.39, 0.29) is 44.3 Å². The number of anilines is 1. The molecule has 3 N–H and O–H groups in total. The molecule has 0 spiro atoms. The predicted octanol–water partition coefficient (Wildman–Crippen LogP) is 4.65. The Balaban J connectivity index is 0.00000171. The highest BCUT2D eigenvalue weighted by Crippen LogP contribution is 2.50. The van der Waals surface area contributed by atoms with Crippen molar-refractivity contribution in [3.63, 3.8) is 0 Å². The highest BCUT2D eigenvalue weighted by atomic mass is 32.1. The molecule has 1 saturated carbocycles. The minimum atomic E-state index is -0.951. The molecule has 1 amide bonds. The van der Waals surface area contributed by atoms with Gasteiger partial charge in [-0.1, -0.05) is 18.2 Å². The number of ether oxygens (including phenoxy) is 1. The monoisotopic (exact) mass is 466 g/mol. The Morgan fingerprint density at radius 3 is 2.71 bits per heavy atom. The van der Waals surface area contributed by atoms with Crippen molar-refractivity contribution < 1.29 is 19.1 Å². The molecular weight excluding hydrogens is 435 g/mol. The summed E-state index contributed by atoms with van der Waals surface area (Å²) in [4.78, 5) is 12.8. The van der Waals surface area contributed by atoms with Crippen LogP contribution >= 0.6 is 27.0 Å². The molecule has 2 aromatic rings. The van der Waals surface area contributed by atoms with E-state index in [0.29, 0.717) is 30.5 Å². The van der Waals surface area contributed by atoms with Gasteiger partial charge in [-0.15, -0.1) is 0 Å². The molecule has 0 bridgehead atoms. The Morgan fingerprint density at radius 2 is 2.00 bits per heavy atom. The van der Waals surface area contributed by atoms with Crippen molar-refractivity contribution in [2.24, 2.45) is 0 Å². The quantitative estimate of drug-likeness (QED) is 0.455. The zero-order valence-corrected chi connectivity index (χ0v) is 20.0. The lowest BCUT2D eigenvalue weighted by atomic mass is 9.75. The molecule has 0 aromatic heterocycles. The van der Waals surface area contributed by atoms with Gasteiger partial charge in [-0.05, 0) is 80.8 Å². The molecule has 4 rings (SSSR count). The van der Waals surface area contributed by atoms with Crippen LogP contribution in [0.4, 0.5) is 10.1 Å². The first-order chi connectivity index (χ1) is 13.8. The van der Waals surface area contributed by atoms with Crippen LogP contribution in [0.15, 0.2) is 36.4 Å². The highest BCUT2D eigenvalue weighted by Gasteiger charge is 2.48. The minimum absolute atomic E-state index is 0. The van der Waals surface area contributed by atoms with E-state index in [1.807, 2.05) is 31.5 Å². The molecule has 2 atom stereocenters. The van der Waals surface area contributed by atoms with Crippen molar-refractivity contribution in [1.82, 2.24) is 5.48 Å². The van der Waals surface area contributed by atoms with E-state index < -0.39 is 11.3 Å². The Morgan fingerprint density at radius 1 is 1.26 bits per heavy atom. The molecule has 1 aliphatic carbocycles. The third-order valence-electron chi connectivity index (χ3n) is 6.40. The molecule has 1 aliphatic heterocycles. The Labute approximate surface area is 196 Å². The number of nitrogens with one attached hydrogen (secondary N) is 2. The summed E-state index contributed by atoms with van der Waals surface area (Å²) in [5.41, 5.74) is 3.79. The summed E-state index contributed by atoms with van der Waals surface area (Å²) in [6.45, 7) is 6.48. The van der Waals surface area contributed by atoms with Gasteiger partial charge in [0.05, 0.1) is 17.6 Å². The molecule has 170 valence electrons. The van der Waals surface area contributed by atoms with Crippen molar-refractivity contribution >= 4 is 38.6 Å². The molecule has 31 heavy (non-hydrogen) atoms. The number of carbonyl (C=O) groups excluding carboxylic acids is 1. The van der Waals surface area contributed by atoms with Crippen LogP contribution < -0.4 is 15.5 Å². The summed E-state index contributed by atoms with van der Waals surface area (Å²) >= 11 is 0. The number of halogens is 1. The maximum atomic E-state index is 14.2. The number of amides is 1. The van der Waals surface area contributed by atoms with Crippen molar-refractivity contribution in [3.8, 4) is 5.75 Å². The van der Waals surface area contributed by atoms with Crippen LogP contribution in [0.5, 0.6) is 5.75 Å². The number of benzene rings is 2. The van der Waals surface area contributed by atoms with Crippen LogP contribution in [0, 0.1) is 12.7 Å². The second-order valence-corrected chi connectivity index (χ2v) is 8.85. The molecule has 8 heteroatoms. The Hall–Kier alpha value is -1.90. The van der Waals surface area contributed by atoms with E-state index in [0.717, 1.165) is 23.4 Å². The number of hydrogen-bond donors (Lipinski definition) is 3. The molecule has 0 unspecified atom stereocenters. The van der Waals surface area contributed by atoms with Crippen LogP contribution in [0.3, 0.4) is 0 Å². The number of hydrogen-bond acceptors (Lipinski definition) is 4. The fraction of sp³-hybridized carbons (Fsp3) is 0.435. The maximum Gasteiger partial charge on any atom is 0.254 e. The van der Waals surface area contributed by atoms with Crippen molar-refractivity contribution in [3.05, 3.63) is 58.9 Å². The second kappa shape index (κ2) is 9.30. The zero-order chi connectivity index (χ0) is 20.8. The minimum Gasteiger partial charge on any atom is -0.484 e. The largest absolute Gasteiger partial charge is 0.484 e. The SMILES string of the molecule is Cc1c(F)cccc1[C@]1(C(=O)NO)CC[C@H](c2ccc3c(c2)NCC(C)(C)O3)C1.S.S. The first kappa shape index (κ1) is 25.4. The van der Waals surface area contributed by atoms with Crippen LogP contribution in [0.2, 0.25) is 0 Å². The lowest BCUT2D eigenvalue weighted by Crippen LogP contribution is -2.42. The van der Waals surface area contributed by atoms with E-state index >= 15 is 0 Å². The highest BCUT2D eigenvalue weighted by molar-refractivity contribution is 7.59. The normalized spacial score (nSPS) is 23.3. The second-order valence-electron chi connectivity index (χ2n) is 8.85. The van der Waals surface area contributed by atoms with Crippen LogP contribution in [-0.2, 0) is 10.2 Å². The van der Waals surface area contributed by atoms with Gasteiger partial charge in [0.1, 0.15) is 17.2 Å². The summed E-state index contributed by atoms with van der Waals surface area (Å²) in [7, 11) is 0. The number of rotatable bonds is 3. The van der Waals surface area contributed by atoms with Gasteiger partial charge in [0, 0.05) is 0 Å². The standard InChI is InChI=1S/C23H27FN2O3.2H2S/c1-14-17(5-4-6-18(14)24)23(21(27)26-28)10-9-16(12-23)15-7-8-20-19(11-15)25-13-22(2,3)29-20;;/h4-8,11,16,25,28H,9-10,12-13H2,1-3H3,(H,26,27);2*1H2/t16-,23-;;/m0../s1. The first-order valence-corrected chi connectivity index (χ1v) is 10.0. The van der Waals surface area contributed by atoms with E-state index in [2.05, 4.69) is 11.4 Å². The van der Waals surface area contributed by atoms with Gasteiger partial charge in [-0.3, -0.25) is 10.0 Å². The van der Waals surface area contributed by atoms with Crippen molar-refractivity contribution in [2.75, 3.05) is 11.9 Å². The lowest BCUT2D eigenvalue weighted by Gasteiger charge is -2.34. The molecule has 2 aliphatic rings. The Bertz CT molecular complexity index is 970. The summed E-state index contributed by atoms with van der Waals surface area (Å²) in [6.07, 6.45) is 1.83. The van der Waals surface area contributed by atoms with Gasteiger partial charge in [-0.25, -0.2) is 9.87 Å². The van der Waals surface area contributed by atoms with Gasteiger partial charge < -0.3 is 10.1 Å². The maximum absolute atomic E-state index is 14.2. The molecular formula is C23H31FN2O3S2. The summed E-state index contributed by atoms with van der Waals surface area (Å²) in [5.74, 6) is 0.129. The summed E-state index contributed by atoms with van der Waals surface area (Å²) in [5, 5.41) is 12.9. The first-order valence-electron chi connectivity index (χ1n) is 10.0. The van der Waals surface area contributed by atoms with E-state index in [4.69, 9.17) is 4.74 Å². The van der Waals surface area contributed by atoms with Gasteiger partial charge in [0.2, 0.25) is 0 Å². The van der Waals surface area contributed by atoms with Gasteiger partial charge in [0.25, 0.3) is 5.91 Å².